The maximum absolute atomic E-state index is 3.65. The van der Waals surface area contributed by atoms with Gasteiger partial charge in [-0.15, -0.1) is 0 Å². The van der Waals surface area contributed by atoms with E-state index in [2.05, 4.69) is 56.2 Å². The number of piperidine rings is 1. The summed E-state index contributed by atoms with van der Waals surface area (Å²) in [6.07, 6.45) is 5.31. The van der Waals surface area contributed by atoms with Crippen LogP contribution in [0.15, 0.2) is 18.2 Å². The first-order valence-electron chi connectivity index (χ1n) is 7.61. The molecular formula is C17H28N2. The van der Waals surface area contributed by atoms with E-state index >= 15 is 0 Å². The second-order valence-electron chi connectivity index (χ2n) is 6.13. The first-order chi connectivity index (χ1) is 9.08. The lowest BCUT2D eigenvalue weighted by molar-refractivity contribution is 0.362. The zero-order valence-electron chi connectivity index (χ0n) is 12.9. The summed E-state index contributed by atoms with van der Waals surface area (Å²) in [7, 11) is 2.23. The Hall–Kier alpha value is -1.02. The van der Waals surface area contributed by atoms with Gasteiger partial charge < -0.3 is 10.2 Å². The fraction of sp³-hybridized carbons (Fsp3) is 0.647. The molecule has 0 spiro atoms. The van der Waals surface area contributed by atoms with Gasteiger partial charge in [0, 0.05) is 24.8 Å². The van der Waals surface area contributed by atoms with E-state index in [1.54, 1.807) is 0 Å². The van der Waals surface area contributed by atoms with Crippen molar-refractivity contribution in [3.05, 3.63) is 29.3 Å². The van der Waals surface area contributed by atoms with E-state index in [9.17, 15) is 0 Å². The average molecular weight is 260 g/mol. The molecule has 1 aliphatic heterocycles. The van der Waals surface area contributed by atoms with Crippen LogP contribution in [0.5, 0.6) is 0 Å². The van der Waals surface area contributed by atoms with Gasteiger partial charge in [0.05, 0.1) is 0 Å². The summed E-state index contributed by atoms with van der Waals surface area (Å²) < 4.78 is 0. The number of aryl methyl sites for hydroxylation is 2. The quantitative estimate of drug-likeness (QED) is 0.889. The number of benzene rings is 1. The highest BCUT2D eigenvalue weighted by molar-refractivity contribution is 5.54. The third kappa shape index (κ3) is 3.73. The number of hydrogen-bond donors (Lipinski definition) is 1. The van der Waals surface area contributed by atoms with Crippen molar-refractivity contribution < 1.29 is 0 Å². The third-order valence-corrected chi connectivity index (χ3v) is 4.43. The number of hydrogen-bond acceptors (Lipinski definition) is 2. The van der Waals surface area contributed by atoms with Crippen molar-refractivity contribution in [2.24, 2.45) is 0 Å². The monoisotopic (exact) mass is 260 g/mol. The van der Waals surface area contributed by atoms with Gasteiger partial charge in [-0.1, -0.05) is 24.1 Å². The van der Waals surface area contributed by atoms with Gasteiger partial charge in [0.2, 0.25) is 0 Å². The Bertz CT molecular complexity index is 408. The number of nitrogens with zero attached hydrogens (tertiary/aromatic N) is 1. The Labute approximate surface area is 118 Å². The van der Waals surface area contributed by atoms with Gasteiger partial charge in [0.1, 0.15) is 0 Å². The average Bonchev–Trinajstić information content (AvgIpc) is 2.39. The zero-order valence-corrected chi connectivity index (χ0v) is 12.9. The Morgan fingerprint density at radius 1 is 1.32 bits per heavy atom. The molecule has 1 saturated heterocycles. The fourth-order valence-electron chi connectivity index (χ4n) is 3.13. The van der Waals surface area contributed by atoms with Crippen LogP contribution in [0.25, 0.3) is 0 Å². The van der Waals surface area contributed by atoms with E-state index in [1.165, 1.54) is 49.0 Å². The van der Waals surface area contributed by atoms with Gasteiger partial charge in [-0.2, -0.15) is 0 Å². The van der Waals surface area contributed by atoms with Gasteiger partial charge in [0.15, 0.2) is 0 Å². The summed E-state index contributed by atoms with van der Waals surface area (Å²) in [5.74, 6) is 0. The fourth-order valence-corrected chi connectivity index (χ4v) is 3.13. The molecule has 2 nitrogen and oxygen atoms in total. The van der Waals surface area contributed by atoms with Crippen LogP contribution in [-0.2, 0) is 0 Å². The molecule has 0 aliphatic carbocycles. The molecule has 1 heterocycles. The molecule has 1 aromatic rings. The molecule has 106 valence electrons. The molecule has 0 radical (unpaired) electrons. The van der Waals surface area contributed by atoms with Crippen LogP contribution in [0.2, 0.25) is 0 Å². The summed E-state index contributed by atoms with van der Waals surface area (Å²) in [6.45, 7) is 7.91. The van der Waals surface area contributed by atoms with Crippen LogP contribution >= 0.6 is 0 Å². The number of rotatable bonds is 4. The smallest absolute Gasteiger partial charge is 0.0395 e. The Morgan fingerprint density at radius 3 is 2.74 bits per heavy atom. The molecule has 2 atom stereocenters. The van der Waals surface area contributed by atoms with E-state index < -0.39 is 0 Å². The molecule has 2 heteroatoms. The van der Waals surface area contributed by atoms with Gasteiger partial charge in [-0.25, -0.2) is 0 Å². The van der Waals surface area contributed by atoms with E-state index in [-0.39, 0.29) is 0 Å². The van der Waals surface area contributed by atoms with Crippen molar-refractivity contribution in [3.63, 3.8) is 0 Å². The molecule has 2 rings (SSSR count). The summed E-state index contributed by atoms with van der Waals surface area (Å²) in [4.78, 5) is 2.44. The van der Waals surface area contributed by atoms with Crippen molar-refractivity contribution in [2.45, 2.75) is 58.5 Å². The van der Waals surface area contributed by atoms with E-state index in [1.807, 2.05) is 0 Å². The molecule has 1 N–H and O–H groups in total. The minimum atomic E-state index is 0.581. The number of anilines is 1. The molecule has 1 fully saturated rings. The second-order valence-corrected chi connectivity index (χ2v) is 6.13. The van der Waals surface area contributed by atoms with Crippen LogP contribution in [0.1, 0.15) is 43.7 Å². The van der Waals surface area contributed by atoms with Crippen molar-refractivity contribution >= 4 is 5.69 Å². The highest BCUT2D eigenvalue weighted by atomic mass is 15.1. The standard InChI is InChI=1S/C17H28N2/c1-13-8-9-17(14(2)11-13)19(4)15(3)12-16-7-5-6-10-18-16/h8-9,11,15-16,18H,5-7,10,12H2,1-4H3. The summed E-state index contributed by atoms with van der Waals surface area (Å²) in [6, 6.07) is 8.03. The molecule has 1 aromatic carbocycles. The lowest BCUT2D eigenvalue weighted by atomic mass is 9.97. The molecule has 2 unspecified atom stereocenters. The largest absolute Gasteiger partial charge is 0.372 e. The second kappa shape index (κ2) is 6.42. The minimum Gasteiger partial charge on any atom is -0.372 e. The van der Waals surface area contributed by atoms with Crippen LogP contribution in [0, 0.1) is 13.8 Å². The molecule has 0 bridgehead atoms. The first kappa shape index (κ1) is 14.4. The summed E-state index contributed by atoms with van der Waals surface area (Å²) >= 11 is 0. The van der Waals surface area contributed by atoms with Gasteiger partial charge in [-0.3, -0.25) is 0 Å². The maximum atomic E-state index is 3.65. The van der Waals surface area contributed by atoms with Crippen molar-refractivity contribution in [2.75, 3.05) is 18.5 Å². The molecule has 19 heavy (non-hydrogen) atoms. The lowest BCUT2D eigenvalue weighted by Gasteiger charge is -2.33. The van der Waals surface area contributed by atoms with E-state index in [4.69, 9.17) is 0 Å². The topological polar surface area (TPSA) is 15.3 Å². The zero-order chi connectivity index (χ0) is 13.8. The Morgan fingerprint density at radius 2 is 2.11 bits per heavy atom. The predicted molar refractivity (Wildman–Crippen MR) is 84.0 cm³/mol. The Kier molecular flexibility index (Phi) is 4.87. The highest BCUT2D eigenvalue weighted by Gasteiger charge is 2.19. The van der Waals surface area contributed by atoms with E-state index in [0.717, 1.165) is 0 Å². The van der Waals surface area contributed by atoms with Crippen molar-refractivity contribution in [1.29, 1.82) is 0 Å². The highest BCUT2D eigenvalue weighted by Crippen LogP contribution is 2.24. The van der Waals surface area contributed by atoms with Crippen LogP contribution in [0.4, 0.5) is 5.69 Å². The normalized spacial score (nSPS) is 21.2. The van der Waals surface area contributed by atoms with Crippen LogP contribution in [0.3, 0.4) is 0 Å². The van der Waals surface area contributed by atoms with Gasteiger partial charge in [0.25, 0.3) is 0 Å². The molecule has 0 amide bonds. The molecule has 1 aliphatic rings. The van der Waals surface area contributed by atoms with Gasteiger partial charge in [-0.05, 0) is 58.2 Å². The Balaban J connectivity index is 1.99. The molecule has 0 aromatic heterocycles. The minimum absolute atomic E-state index is 0.581. The maximum Gasteiger partial charge on any atom is 0.0395 e. The lowest BCUT2D eigenvalue weighted by Crippen LogP contribution is -2.40. The van der Waals surface area contributed by atoms with Crippen LogP contribution in [-0.4, -0.2) is 25.7 Å². The molecular weight excluding hydrogens is 232 g/mol. The number of nitrogens with one attached hydrogen (secondary N) is 1. The first-order valence-corrected chi connectivity index (χ1v) is 7.61. The third-order valence-electron chi connectivity index (χ3n) is 4.43. The van der Waals surface area contributed by atoms with E-state index in [0.29, 0.717) is 12.1 Å². The van der Waals surface area contributed by atoms with Gasteiger partial charge >= 0.3 is 0 Å². The summed E-state index contributed by atoms with van der Waals surface area (Å²) in [5, 5.41) is 3.65. The van der Waals surface area contributed by atoms with Crippen molar-refractivity contribution in [1.82, 2.24) is 5.32 Å². The SMILES string of the molecule is Cc1ccc(N(C)C(C)CC2CCCCN2)c(C)c1. The van der Waals surface area contributed by atoms with Crippen LogP contribution < -0.4 is 10.2 Å². The summed E-state index contributed by atoms with van der Waals surface area (Å²) in [5.41, 5.74) is 4.09. The molecule has 0 saturated carbocycles. The van der Waals surface area contributed by atoms with Crippen molar-refractivity contribution in [3.8, 4) is 0 Å². The predicted octanol–water partition coefficient (Wildman–Crippen LogP) is 3.66.